The van der Waals surface area contributed by atoms with Crippen LogP contribution < -0.4 is 4.74 Å². The Morgan fingerprint density at radius 1 is 1.47 bits per heavy atom. The first-order valence-corrected chi connectivity index (χ1v) is 5.97. The van der Waals surface area contributed by atoms with Crippen molar-refractivity contribution in [2.75, 3.05) is 0 Å². The van der Waals surface area contributed by atoms with Gasteiger partial charge in [0.1, 0.15) is 28.4 Å². The van der Waals surface area contributed by atoms with Crippen LogP contribution in [0.3, 0.4) is 0 Å². The zero-order valence-electron chi connectivity index (χ0n) is 9.84. The third-order valence-electron chi connectivity index (χ3n) is 2.51. The predicted octanol–water partition coefficient (Wildman–Crippen LogP) is 3.21. The van der Waals surface area contributed by atoms with Crippen LogP contribution in [0.5, 0.6) is 5.75 Å². The molecule has 2 rings (SSSR count). The predicted molar refractivity (Wildman–Crippen MR) is 70.7 cm³/mol. The van der Waals surface area contributed by atoms with Gasteiger partial charge in [0, 0.05) is 19.2 Å². The standard InChI is InChI=1S/C11H9Cl2N3O3/c1-15-10(13)5-14-11(15)6-19-7-2-3-9(16(17)18)8(12)4-7/h2-5H,6H2,1H3. The van der Waals surface area contributed by atoms with E-state index in [1.807, 2.05) is 0 Å². The highest BCUT2D eigenvalue weighted by molar-refractivity contribution is 6.32. The largest absolute Gasteiger partial charge is 0.486 e. The molecular weight excluding hydrogens is 293 g/mol. The Hall–Kier alpha value is -1.79. The summed E-state index contributed by atoms with van der Waals surface area (Å²) in [6.45, 7) is 0.192. The molecule has 0 unspecified atom stereocenters. The summed E-state index contributed by atoms with van der Waals surface area (Å²) in [5.74, 6) is 1.06. The molecule has 8 heteroatoms. The molecule has 1 aromatic heterocycles. The van der Waals surface area contributed by atoms with Crippen LogP contribution in [0, 0.1) is 10.1 Å². The van der Waals surface area contributed by atoms with E-state index in [9.17, 15) is 10.1 Å². The summed E-state index contributed by atoms with van der Waals surface area (Å²) < 4.78 is 7.13. The van der Waals surface area contributed by atoms with E-state index in [0.29, 0.717) is 16.7 Å². The number of nitrogens with zero attached hydrogens (tertiary/aromatic N) is 3. The van der Waals surface area contributed by atoms with E-state index in [2.05, 4.69) is 4.98 Å². The summed E-state index contributed by atoms with van der Waals surface area (Å²) in [6, 6.07) is 4.17. The number of halogens is 2. The van der Waals surface area contributed by atoms with Crippen LogP contribution in [0.1, 0.15) is 5.82 Å². The summed E-state index contributed by atoms with van der Waals surface area (Å²) in [6.07, 6.45) is 1.52. The lowest BCUT2D eigenvalue weighted by Gasteiger charge is -2.06. The van der Waals surface area contributed by atoms with E-state index >= 15 is 0 Å². The highest BCUT2D eigenvalue weighted by Gasteiger charge is 2.13. The maximum absolute atomic E-state index is 10.6. The Morgan fingerprint density at radius 2 is 2.21 bits per heavy atom. The summed E-state index contributed by atoms with van der Waals surface area (Å²) in [5.41, 5.74) is -0.158. The molecule has 0 radical (unpaired) electrons. The maximum atomic E-state index is 10.6. The van der Waals surface area contributed by atoms with Crippen molar-refractivity contribution in [3.63, 3.8) is 0 Å². The summed E-state index contributed by atoms with van der Waals surface area (Å²) in [5, 5.41) is 11.1. The fourth-order valence-electron chi connectivity index (χ4n) is 1.43. The molecule has 0 amide bonds. The SMILES string of the molecule is Cn1c(Cl)cnc1COc1ccc([N+](=O)[O-])c(Cl)c1. The molecular formula is C11H9Cl2N3O3. The Labute approximate surface area is 118 Å². The van der Waals surface area contributed by atoms with Gasteiger partial charge in [-0.2, -0.15) is 0 Å². The maximum Gasteiger partial charge on any atom is 0.288 e. The Kier molecular flexibility index (Phi) is 3.92. The number of nitro benzene ring substituents is 1. The van der Waals surface area contributed by atoms with E-state index in [-0.39, 0.29) is 17.3 Å². The lowest BCUT2D eigenvalue weighted by Crippen LogP contribution is -2.03. The highest BCUT2D eigenvalue weighted by atomic mass is 35.5. The molecule has 0 aliphatic rings. The van der Waals surface area contributed by atoms with Gasteiger partial charge in [0.05, 0.1) is 11.1 Å². The fraction of sp³-hybridized carbons (Fsp3) is 0.182. The second-order valence-electron chi connectivity index (χ2n) is 3.72. The minimum Gasteiger partial charge on any atom is -0.486 e. The highest BCUT2D eigenvalue weighted by Crippen LogP contribution is 2.28. The van der Waals surface area contributed by atoms with Gasteiger partial charge in [-0.3, -0.25) is 10.1 Å². The number of hydrogen-bond acceptors (Lipinski definition) is 4. The first-order valence-electron chi connectivity index (χ1n) is 5.22. The molecule has 1 aromatic carbocycles. The molecule has 0 atom stereocenters. The number of hydrogen-bond donors (Lipinski definition) is 0. The van der Waals surface area contributed by atoms with Gasteiger partial charge in [0.25, 0.3) is 5.69 Å². The van der Waals surface area contributed by atoms with Gasteiger partial charge in [-0.25, -0.2) is 4.98 Å². The second kappa shape index (κ2) is 5.46. The Balaban J connectivity index is 2.10. The van der Waals surface area contributed by atoms with Crippen LogP contribution in [0.2, 0.25) is 10.2 Å². The summed E-state index contributed by atoms with van der Waals surface area (Å²) in [4.78, 5) is 14.1. The van der Waals surface area contributed by atoms with E-state index in [0.717, 1.165) is 0 Å². The van der Waals surface area contributed by atoms with Crippen LogP contribution in [0.4, 0.5) is 5.69 Å². The molecule has 1 heterocycles. The monoisotopic (exact) mass is 301 g/mol. The average Bonchev–Trinajstić information content (AvgIpc) is 2.67. The van der Waals surface area contributed by atoms with Crippen molar-refractivity contribution >= 4 is 28.9 Å². The molecule has 0 fully saturated rings. The van der Waals surface area contributed by atoms with Crippen LogP contribution >= 0.6 is 23.2 Å². The minimum atomic E-state index is -0.551. The average molecular weight is 302 g/mol. The second-order valence-corrected chi connectivity index (χ2v) is 4.51. The molecule has 0 saturated carbocycles. The number of benzene rings is 1. The summed E-state index contributed by atoms with van der Waals surface area (Å²) in [7, 11) is 1.76. The number of imidazole rings is 1. The normalized spacial score (nSPS) is 10.5. The van der Waals surface area contributed by atoms with E-state index in [1.54, 1.807) is 11.6 Å². The van der Waals surface area contributed by atoms with Crippen molar-refractivity contribution in [1.82, 2.24) is 9.55 Å². The minimum absolute atomic E-state index is 0.0281. The number of ether oxygens (including phenoxy) is 1. The number of rotatable bonds is 4. The zero-order chi connectivity index (χ0) is 14.0. The third kappa shape index (κ3) is 2.97. The summed E-state index contributed by atoms with van der Waals surface area (Å²) >= 11 is 11.6. The van der Waals surface area contributed by atoms with Gasteiger partial charge < -0.3 is 9.30 Å². The molecule has 100 valence electrons. The first-order chi connectivity index (χ1) is 8.99. The van der Waals surface area contributed by atoms with E-state index in [4.69, 9.17) is 27.9 Å². The molecule has 0 saturated heterocycles. The smallest absolute Gasteiger partial charge is 0.288 e. The van der Waals surface area contributed by atoms with E-state index in [1.165, 1.54) is 24.4 Å². The van der Waals surface area contributed by atoms with Gasteiger partial charge in [0.15, 0.2) is 0 Å². The lowest BCUT2D eigenvalue weighted by molar-refractivity contribution is -0.384. The topological polar surface area (TPSA) is 70.2 Å². The quantitative estimate of drug-likeness (QED) is 0.642. The zero-order valence-corrected chi connectivity index (χ0v) is 11.4. The van der Waals surface area contributed by atoms with Crippen LogP contribution in [0.25, 0.3) is 0 Å². The Bertz CT molecular complexity index is 628. The van der Waals surface area contributed by atoms with Crippen molar-refractivity contribution in [2.24, 2.45) is 7.05 Å². The molecule has 0 aliphatic heterocycles. The van der Waals surface area contributed by atoms with Gasteiger partial charge >= 0.3 is 0 Å². The van der Waals surface area contributed by atoms with Crippen LogP contribution in [-0.2, 0) is 13.7 Å². The van der Waals surface area contributed by atoms with Crippen molar-refractivity contribution < 1.29 is 9.66 Å². The fourth-order valence-corrected chi connectivity index (χ4v) is 1.82. The molecule has 19 heavy (non-hydrogen) atoms. The molecule has 0 aliphatic carbocycles. The molecule has 6 nitrogen and oxygen atoms in total. The van der Waals surface area contributed by atoms with Gasteiger partial charge in [-0.15, -0.1) is 0 Å². The van der Waals surface area contributed by atoms with Crippen molar-refractivity contribution in [3.05, 3.63) is 50.5 Å². The number of aromatic nitrogens is 2. The molecule has 2 aromatic rings. The first kappa shape index (κ1) is 13.6. The van der Waals surface area contributed by atoms with Crippen molar-refractivity contribution in [3.8, 4) is 5.75 Å². The third-order valence-corrected chi connectivity index (χ3v) is 3.17. The van der Waals surface area contributed by atoms with E-state index < -0.39 is 4.92 Å². The van der Waals surface area contributed by atoms with Gasteiger partial charge in [-0.05, 0) is 6.07 Å². The van der Waals surface area contributed by atoms with Gasteiger partial charge in [0.2, 0.25) is 0 Å². The van der Waals surface area contributed by atoms with Crippen LogP contribution in [0.15, 0.2) is 24.4 Å². The van der Waals surface area contributed by atoms with Crippen LogP contribution in [-0.4, -0.2) is 14.5 Å². The van der Waals surface area contributed by atoms with Crippen molar-refractivity contribution in [2.45, 2.75) is 6.61 Å². The van der Waals surface area contributed by atoms with Crippen molar-refractivity contribution in [1.29, 1.82) is 0 Å². The Morgan fingerprint density at radius 3 is 2.74 bits per heavy atom. The molecule has 0 bridgehead atoms. The number of nitro groups is 1. The molecule has 0 spiro atoms. The molecule has 0 N–H and O–H groups in total. The lowest BCUT2D eigenvalue weighted by atomic mass is 10.3. The van der Waals surface area contributed by atoms with Gasteiger partial charge in [-0.1, -0.05) is 23.2 Å².